The molecule has 0 aliphatic heterocycles. The van der Waals surface area contributed by atoms with Crippen LogP contribution >= 0.6 is 23.2 Å². The first-order valence-electron chi connectivity index (χ1n) is 8.04. The van der Waals surface area contributed by atoms with E-state index in [1.807, 2.05) is 0 Å². The molecule has 3 rings (SSSR count). The van der Waals surface area contributed by atoms with Gasteiger partial charge in [0.2, 0.25) is 0 Å². The summed E-state index contributed by atoms with van der Waals surface area (Å²) in [5.74, 6) is -0.717. The third-order valence-electron chi connectivity index (χ3n) is 3.68. The van der Waals surface area contributed by atoms with Crippen molar-refractivity contribution in [1.29, 1.82) is 0 Å². The predicted octanol–water partition coefficient (Wildman–Crippen LogP) is 4.86. The van der Waals surface area contributed by atoms with Crippen molar-refractivity contribution in [3.8, 4) is 11.3 Å². The number of carbonyl (C=O) groups excluding carboxylic acids is 3. The first kappa shape index (κ1) is 19.7. The number of ether oxygens (including phenoxy) is 1. The Hall–Kier alpha value is -3.09. The average molecular weight is 418 g/mol. The summed E-state index contributed by atoms with van der Waals surface area (Å²) in [6.45, 7) is -0.488. The Morgan fingerprint density at radius 2 is 1.79 bits per heavy atom. The van der Waals surface area contributed by atoms with Crippen LogP contribution < -0.4 is 5.32 Å². The summed E-state index contributed by atoms with van der Waals surface area (Å²) in [7, 11) is 0. The topological polar surface area (TPSA) is 85.6 Å². The maximum atomic E-state index is 12.3. The minimum atomic E-state index is -0.764. The first-order chi connectivity index (χ1) is 13.5. The number of nitrogens with one attached hydrogen (secondary N) is 1. The molecule has 0 saturated heterocycles. The fraction of sp³-hybridized carbons (Fsp3) is 0.0500. The lowest BCUT2D eigenvalue weighted by atomic mass is 10.1. The molecule has 0 saturated carbocycles. The van der Waals surface area contributed by atoms with Gasteiger partial charge in [0, 0.05) is 16.3 Å². The van der Waals surface area contributed by atoms with Gasteiger partial charge in [0.25, 0.3) is 5.91 Å². The van der Waals surface area contributed by atoms with Gasteiger partial charge in [0.15, 0.2) is 18.7 Å². The number of amides is 1. The van der Waals surface area contributed by atoms with Gasteiger partial charge >= 0.3 is 5.97 Å². The van der Waals surface area contributed by atoms with E-state index in [9.17, 15) is 14.4 Å². The van der Waals surface area contributed by atoms with E-state index in [1.54, 1.807) is 36.4 Å². The van der Waals surface area contributed by atoms with Gasteiger partial charge in [-0.05, 0) is 54.6 Å². The normalized spacial score (nSPS) is 10.4. The van der Waals surface area contributed by atoms with Crippen LogP contribution in [0, 0.1) is 0 Å². The summed E-state index contributed by atoms with van der Waals surface area (Å²) in [5, 5.41) is 3.28. The van der Waals surface area contributed by atoms with Crippen molar-refractivity contribution in [3.63, 3.8) is 0 Å². The molecule has 6 nitrogen and oxygen atoms in total. The van der Waals surface area contributed by atoms with Gasteiger partial charge in [-0.2, -0.15) is 0 Å². The van der Waals surface area contributed by atoms with E-state index in [0.717, 1.165) is 0 Å². The third-order valence-corrected chi connectivity index (χ3v) is 4.26. The Morgan fingerprint density at radius 3 is 2.46 bits per heavy atom. The lowest BCUT2D eigenvalue weighted by Crippen LogP contribution is -2.21. The van der Waals surface area contributed by atoms with Gasteiger partial charge in [-0.25, -0.2) is 4.79 Å². The van der Waals surface area contributed by atoms with Crippen LogP contribution in [0.1, 0.15) is 20.9 Å². The molecule has 3 aromatic rings. The highest BCUT2D eigenvalue weighted by Gasteiger charge is 2.16. The molecule has 0 fully saturated rings. The molecule has 0 bridgehead atoms. The van der Waals surface area contributed by atoms with Crippen molar-refractivity contribution >= 4 is 47.1 Å². The predicted molar refractivity (Wildman–Crippen MR) is 105 cm³/mol. The Bertz CT molecular complexity index is 1030. The van der Waals surface area contributed by atoms with Crippen LogP contribution in [0.4, 0.5) is 5.69 Å². The number of carbonyl (C=O) groups is 3. The molecule has 0 radical (unpaired) electrons. The van der Waals surface area contributed by atoms with Gasteiger partial charge in [0.05, 0.1) is 10.6 Å². The van der Waals surface area contributed by atoms with Gasteiger partial charge in [0.1, 0.15) is 5.76 Å². The quantitative estimate of drug-likeness (QED) is 0.457. The minimum Gasteiger partial charge on any atom is -0.453 e. The number of hydrogen-bond donors (Lipinski definition) is 1. The number of hydrogen-bond acceptors (Lipinski definition) is 5. The highest BCUT2D eigenvalue weighted by molar-refractivity contribution is 6.33. The molecule has 8 heteroatoms. The van der Waals surface area contributed by atoms with Gasteiger partial charge < -0.3 is 14.5 Å². The zero-order valence-corrected chi connectivity index (χ0v) is 15.8. The molecule has 1 N–H and O–H groups in total. The molecular formula is C20H13Cl2NO5. The summed E-state index contributed by atoms with van der Waals surface area (Å²) >= 11 is 11.9. The fourth-order valence-corrected chi connectivity index (χ4v) is 2.67. The van der Waals surface area contributed by atoms with Gasteiger partial charge in [-0.3, -0.25) is 9.59 Å². The van der Waals surface area contributed by atoms with Crippen LogP contribution in [0.2, 0.25) is 10.0 Å². The zero-order valence-electron chi connectivity index (χ0n) is 14.3. The summed E-state index contributed by atoms with van der Waals surface area (Å²) in [5.41, 5.74) is 1.13. The lowest BCUT2D eigenvalue weighted by Gasteiger charge is -2.08. The van der Waals surface area contributed by atoms with Crippen molar-refractivity contribution < 1.29 is 23.5 Å². The van der Waals surface area contributed by atoms with Gasteiger partial charge in [-0.15, -0.1) is 0 Å². The molecule has 1 amide bonds. The average Bonchev–Trinajstić information content (AvgIpc) is 3.17. The second-order valence-electron chi connectivity index (χ2n) is 5.65. The molecule has 0 unspecified atom stereocenters. The number of halogens is 2. The maximum Gasteiger partial charge on any atom is 0.340 e. The van der Waals surface area contributed by atoms with E-state index >= 15 is 0 Å². The SMILES string of the molecule is O=Cc1ccc(-c2ccc(Cl)c(C(=O)OCC(=O)Nc3ccc(Cl)cc3)c2)o1. The van der Waals surface area contributed by atoms with Crippen molar-refractivity contribution in [2.75, 3.05) is 11.9 Å². The number of aldehydes is 1. The molecular weight excluding hydrogens is 405 g/mol. The minimum absolute atomic E-state index is 0.0718. The number of furan rings is 1. The highest BCUT2D eigenvalue weighted by Crippen LogP contribution is 2.27. The van der Waals surface area contributed by atoms with Gasteiger partial charge in [-0.1, -0.05) is 23.2 Å². The number of rotatable bonds is 6. The largest absolute Gasteiger partial charge is 0.453 e. The Labute approximate surface area is 170 Å². The number of benzene rings is 2. The van der Waals surface area contributed by atoms with E-state index in [2.05, 4.69) is 5.32 Å². The monoisotopic (exact) mass is 417 g/mol. The maximum absolute atomic E-state index is 12.3. The molecule has 0 atom stereocenters. The van der Waals surface area contributed by atoms with E-state index in [4.69, 9.17) is 32.4 Å². The van der Waals surface area contributed by atoms with Crippen LogP contribution in [-0.2, 0) is 9.53 Å². The highest BCUT2D eigenvalue weighted by atomic mass is 35.5. The summed E-state index contributed by atoms with van der Waals surface area (Å²) in [6.07, 6.45) is 0.577. The van der Waals surface area contributed by atoms with Crippen LogP contribution in [-0.4, -0.2) is 24.8 Å². The lowest BCUT2D eigenvalue weighted by molar-refractivity contribution is -0.119. The molecule has 1 aromatic heterocycles. The number of anilines is 1. The number of esters is 1. The van der Waals surface area contributed by atoms with E-state index in [-0.39, 0.29) is 16.3 Å². The Balaban J connectivity index is 1.66. The molecule has 2 aromatic carbocycles. The summed E-state index contributed by atoms with van der Waals surface area (Å²) in [4.78, 5) is 35.0. The van der Waals surface area contributed by atoms with E-state index < -0.39 is 18.5 Å². The van der Waals surface area contributed by atoms with Crippen molar-refractivity contribution in [1.82, 2.24) is 0 Å². The zero-order chi connectivity index (χ0) is 20.1. The smallest absolute Gasteiger partial charge is 0.340 e. The van der Waals surface area contributed by atoms with E-state index in [0.29, 0.717) is 28.3 Å². The standard InChI is InChI=1S/C20H13Cl2NO5/c21-13-2-4-14(5-3-13)23-19(25)11-27-20(26)16-9-12(1-7-17(16)22)18-8-6-15(10-24)28-18/h1-10H,11H2,(H,23,25). The van der Waals surface area contributed by atoms with E-state index in [1.165, 1.54) is 18.2 Å². The van der Waals surface area contributed by atoms with Crippen LogP contribution in [0.25, 0.3) is 11.3 Å². The third kappa shape index (κ3) is 4.79. The first-order valence-corrected chi connectivity index (χ1v) is 8.79. The molecule has 0 spiro atoms. The Kier molecular flexibility index (Phi) is 6.13. The molecule has 0 aliphatic rings. The van der Waals surface area contributed by atoms with Crippen LogP contribution in [0.5, 0.6) is 0 Å². The Morgan fingerprint density at radius 1 is 1.04 bits per heavy atom. The van der Waals surface area contributed by atoms with Crippen LogP contribution in [0.3, 0.4) is 0 Å². The molecule has 0 aliphatic carbocycles. The second kappa shape index (κ2) is 8.73. The molecule has 28 heavy (non-hydrogen) atoms. The van der Waals surface area contributed by atoms with Crippen molar-refractivity contribution in [2.45, 2.75) is 0 Å². The second-order valence-corrected chi connectivity index (χ2v) is 6.49. The molecule has 1 heterocycles. The van der Waals surface area contributed by atoms with Crippen LogP contribution in [0.15, 0.2) is 59.0 Å². The van der Waals surface area contributed by atoms with Crippen molar-refractivity contribution in [3.05, 3.63) is 76.0 Å². The fourth-order valence-electron chi connectivity index (χ4n) is 2.35. The summed E-state index contributed by atoms with van der Waals surface area (Å²) in [6, 6.07) is 14.2. The van der Waals surface area contributed by atoms with Crippen molar-refractivity contribution in [2.24, 2.45) is 0 Å². The molecule has 142 valence electrons. The summed E-state index contributed by atoms with van der Waals surface area (Å²) < 4.78 is 10.4.